The summed E-state index contributed by atoms with van der Waals surface area (Å²) >= 11 is 0. The van der Waals surface area contributed by atoms with Crippen LogP contribution in [0.25, 0.3) is 0 Å². The molecule has 1 atom stereocenters. The maximum Gasteiger partial charge on any atom is 0.240 e. The van der Waals surface area contributed by atoms with Crippen LogP contribution in [0, 0.1) is 5.82 Å². The number of benzene rings is 2. The van der Waals surface area contributed by atoms with Crippen molar-refractivity contribution in [3.05, 3.63) is 65.5 Å². The molecule has 2 aromatic rings. The first-order valence-corrected chi connectivity index (χ1v) is 8.81. The lowest BCUT2D eigenvalue weighted by Crippen LogP contribution is -2.28. The predicted molar refractivity (Wildman–Crippen MR) is 87.1 cm³/mol. The molecule has 2 aromatic carbocycles. The van der Waals surface area contributed by atoms with E-state index in [-0.39, 0.29) is 17.0 Å². The number of hydrogen-bond donors (Lipinski definition) is 2. The first-order chi connectivity index (χ1) is 10.8. The summed E-state index contributed by atoms with van der Waals surface area (Å²) in [5, 5.41) is 9.96. The van der Waals surface area contributed by atoms with Gasteiger partial charge in [0.2, 0.25) is 10.0 Å². The molecule has 0 saturated carbocycles. The fourth-order valence-electron chi connectivity index (χ4n) is 2.16. The number of nitrogens with one attached hydrogen (secondary N) is 1. The van der Waals surface area contributed by atoms with Crippen molar-refractivity contribution in [3.63, 3.8) is 0 Å². The molecule has 0 aliphatic carbocycles. The van der Waals surface area contributed by atoms with Crippen LogP contribution in [0.1, 0.15) is 37.0 Å². The van der Waals surface area contributed by atoms with E-state index in [9.17, 15) is 17.9 Å². The average molecular weight is 337 g/mol. The lowest BCUT2D eigenvalue weighted by molar-refractivity contribution is 0.177. The van der Waals surface area contributed by atoms with Crippen molar-refractivity contribution >= 4 is 10.0 Å². The Balaban J connectivity index is 2.08. The van der Waals surface area contributed by atoms with Crippen LogP contribution in [0.4, 0.5) is 4.39 Å². The summed E-state index contributed by atoms with van der Waals surface area (Å²) in [6.45, 7) is 3.74. The average Bonchev–Trinajstić information content (AvgIpc) is 2.53. The van der Waals surface area contributed by atoms with E-state index in [2.05, 4.69) is 4.72 Å². The molecule has 1 unspecified atom stereocenters. The van der Waals surface area contributed by atoms with E-state index in [1.807, 2.05) is 13.8 Å². The maximum atomic E-state index is 13.6. The van der Waals surface area contributed by atoms with Gasteiger partial charge < -0.3 is 5.11 Å². The Morgan fingerprint density at radius 3 is 2.26 bits per heavy atom. The minimum Gasteiger partial charge on any atom is -0.387 e. The highest BCUT2D eigenvalue weighted by molar-refractivity contribution is 7.89. The molecule has 0 aromatic heterocycles. The van der Waals surface area contributed by atoms with Crippen molar-refractivity contribution in [2.24, 2.45) is 0 Å². The van der Waals surface area contributed by atoms with E-state index in [1.54, 1.807) is 18.2 Å². The van der Waals surface area contributed by atoms with Crippen LogP contribution >= 0.6 is 0 Å². The molecule has 0 amide bonds. The third-order valence-electron chi connectivity index (χ3n) is 3.59. The van der Waals surface area contributed by atoms with Gasteiger partial charge in [-0.1, -0.05) is 44.2 Å². The van der Waals surface area contributed by atoms with Crippen LogP contribution in [-0.2, 0) is 10.0 Å². The maximum absolute atomic E-state index is 13.6. The Bertz CT molecular complexity index is 758. The predicted octanol–water partition coefficient (Wildman–Crippen LogP) is 2.96. The summed E-state index contributed by atoms with van der Waals surface area (Å²) in [6.07, 6.45) is -1.25. The van der Waals surface area contributed by atoms with Gasteiger partial charge in [0, 0.05) is 12.1 Å². The topological polar surface area (TPSA) is 66.4 Å². The smallest absolute Gasteiger partial charge is 0.240 e. The molecular formula is C17H20FNO3S. The molecule has 6 heteroatoms. The lowest BCUT2D eigenvalue weighted by atomic mass is 10.0. The van der Waals surface area contributed by atoms with Gasteiger partial charge in [0.05, 0.1) is 11.0 Å². The molecule has 2 N–H and O–H groups in total. The largest absolute Gasteiger partial charge is 0.387 e. The van der Waals surface area contributed by atoms with Gasteiger partial charge in [-0.25, -0.2) is 17.5 Å². The minimum atomic E-state index is -3.75. The van der Waals surface area contributed by atoms with E-state index in [1.165, 1.54) is 30.3 Å². The highest BCUT2D eigenvalue weighted by Crippen LogP contribution is 2.19. The van der Waals surface area contributed by atoms with Crippen LogP contribution in [0.15, 0.2) is 53.4 Å². The van der Waals surface area contributed by atoms with Gasteiger partial charge in [-0.15, -0.1) is 0 Å². The zero-order valence-electron chi connectivity index (χ0n) is 13.0. The highest BCUT2D eigenvalue weighted by Gasteiger charge is 2.18. The van der Waals surface area contributed by atoms with Gasteiger partial charge in [0.1, 0.15) is 5.82 Å². The third kappa shape index (κ3) is 4.37. The summed E-state index contributed by atoms with van der Waals surface area (Å²) in [5.41, 5.74) is 1.10. The summed E-state index contributed by atoms with van der Waals surface area (Å²) in [7, 11) is -3.75. The van der Waals surface area contributed by atoms with E-state index < -0.39 is 21.9 Å². The summed E-state index contributed by atoms with van der Waals surface area (Å²) in [4.78, 5) is 0.114. The minimum absolute atomic E-state index is 0.0605. The van der Waals surface area contributed by atoms with Gasteiger partial charge >= 0.3 is 0 Å². The Labute approximate surface area is 136 Å². The Kier molecular flexibility index (Phi) is 5.51. The summed E-state index contributed by atoms with van der Waals surface area (Å²) < 4.78 is 40.3. The standard InChI is InChI=1S/C17H20FNO3S/c1-12(2)13-7-9-14(10-8-13)23(21,22)19-11-17(20)15-5-3-4-6-16(15)18/h3-10,12,17,19-20H,11H2,1-2H3. The zero-order valence-corrected chi connectivity index (χ0v) is 13.8. The molecule has 0 spiro atoms. The number of aliphatic hydroxyl groups is 1. The first-order valence-electron chi connectivity index (χ1n) is 7.33. The number of sulfonamides is 1. The molecule has 4 nitrogen and oxygen atoms in total. The number of hydrogen-bond acceptors (Lipinski definition) is 3. The monoisotopic (exact) mass is 337 g/mol. The van der Waals surface area contributed by atoms with Crippen LogP contribution in [0.3, 0.4) is 0 Å². The van der Waals surface area contributed by atoms with Crippen molar-refractivity contribution in [3.8, 4) is 0 Å². The van der Waals surface area contributed by atoms with Gasteiger partial charge in [-0.3, -0.25) is 0 Å². The molecule has 0 heterocycles. The molecular weight excluding hydrogens is 317 g/mol. The van der Waals surface area contributed by atoms with Crippen LogP contribution in [0.5, 0.6) is 0 Å². The second-order valence-electron chi connectivity index (χ2n) is 5.61. The van der Waals surface area contributed by atoms with E-state index in [0.29, 0.717) is 5.92 Å². The fourth-order valence-corrected chi connectivity index (χ4v) is 3.20. The number of rotatable bonds is 6. The Morgan fingerprint density at radius 1 is 1.09 bits per heavy atom. The van der Waals surface area contributed by atoms with Gasteiger partial charge in [-0.2, -0.15) is 0 Å². The van der Waals surface area contributed by atoms with Crippen molar-refractivity contribution in [1.29, 1.82) is 0 Å². The molecule has 0 fully saturated rings. The number of halogens is 1. The molecule has 2 rings (SSSR count). The third-order valence-corrected chi connectivity index (χ3v) is 5.03. The zero-order chi connectivity index (χ0) is 17.0. The SMILES string of the molecule is CC(C)c1ccc(S(=O)(=O)NCC(O)c2ccccc2F)cc1. The second kappa shape index (κ2) is 7.21. The van der Waals surface area contributed by atoms with Crippen molar-refractivity contribution in [2.75, 3.05) is 6.54 Å². The Morgan fingerprint density at radius 2 is 1.70 bits per heavy atom. The van der Waals surface area contributed by atoms with E-state index in [4.69, 9.17) is 0 Å². The van der Waals surface area contributed by atoms with Crippen LogP contribution in [-0.4, -0.2) is 20.1 Å². The lowest BCUT2D eigenvalue weighted by Gasteiger charge is -2.14. The highest BCUT2D eigenvalue weighted by atomic mass is 32.2. The Hall–Kier alpha value is -1.76. The van der Waals surface area contributed by atoms with Gasteiger partial charge in [-0.05, 0) is 29.7 Å². The van der Waals surface area contributed by atoms with E-state index in [0.717, 1.165) is 5.56 Å². The number of aliphatic hydroxyl groups excluding tert-OH is 1. The molecule has 0 aliphatic rings. The molecule has 0 aliphatic heterocycles. The van der Waals surface area contributed by atoms with Crippen molar-refractivity contribution in [2.45, 2.75) is 30.8 Å². The molecule has 124 valence electrons. The van der Waals surface area contributed by atoms with Gasteiger partial charge in [0.25, 0.3) is 0 Å². The molecule has 0 saturated heterocycles. The van der Waals surface area contributed by atoms with Crippen LogP contribution < -0.4 is 4.72 Å². The molecule has 0 bridgehead atoms. The summed E-state index contributed by atoms with van der Waals surface area (Å²) in [5.74, 6) is -0.261. The van der Waals surface area contributed by atoms with Crippen molar-refractivity contribution in [1.82, 2.24) is 4.72 Å². The first kappa shape index (κ1) is 17.6. The quantitative estimate of drug-likeness (QED) is 0.852. The summed E-state index contributed by atoms with van der Waals surface area (Å²) in [6, 6.07) is 12.3. The second-order valence-corrected chi connectivity index (χ2v) is 7.38. The van der Waals surface area contributed by atoms with Gasteiger partial charge in [0.15, 0.2) is 0 Å². The normalized spacial score (nSPS) is 13.3. The van der Waals surface area contributed by atoms with E-state index >= 15 is 0 Å². The molecule has 0 radical (unpaired) electrons. The molecule has 23 heavy (non-hydrogen) atoms. The van der Waals surface area contributed by atoms with Crippen molar-refractivity contribution < 1.29 is 17.9 Å². The fraction of sp³-hybridized carbons (Fsp3) is 0.294. The van der Waals surface area contributed by atoms with Crippen LogP contribution in [0.2, 0.25) is 0 Å².